The first-order chi connectivity index (χ1) is 17.1. The van der Waals surface area contributed by atoms with E-state index in [-0.39, 0.29) is 5.91 Å². The van der Waals surface area contributed by atoms with Gasteiger partial charge in [-0.15, -0.1) is 10.2 Å². The molecule has 35 heavy (non-hydrogen) atoms. The molecule has 0 bridgehead atoms. The number of anilines is 1. The SMILES string of the molecule is CCCCCCCCCCCCn1nnc([C@@H](C(=O)Nc2c(C)ncnc2C)c2ccccc2)n1. The van der Waals surface area contributed by atoms with Gasteiger partial charge >= 0.3 is 0 Å². The molecule has 0 radical (unpaired) electrons. The molecule has 1 amide bonds. The Morgan fingerprint density at radius 3 is 2.11 bits per heavy atom. The highest BCUT2D eigenvalue weighted by molar-refractivity contribution is 5.98. The lowest BCUT2D eigenvalue weighted by molar-refractivity contribution is -0.116. The van der Waals surface area contributed by atoms with Crippen molar-refractivity contribution in [1.82, 2.24) is 30.2 Å². The number of unbranched alkanes of at least 4 members (excludes halogenated alkanes) is 9. The number of carbonyl (C=O) groups excluding carboxylic acids is 1. The van der Waals surface area contributed by atoms with Crippen molar-refractivity contribution in [2.75, 3.05) is 5.32 Å². The largest absolute Gasteiger partial charge is 0.322 e. The second-order valence-corrected chi connectivity index (χ2v) is 9.18. The Morgan fingerprint density at radius 2 is 1.49 bits per heavy atom. The Bertz CT molecular complexity index is 1010. The number of hydrogen-bond acceptors (Lipinski definition) is 6. The lowest BCUT2D eigenvalue weighted by Gasteiger charge is -2.16. The van der Waals surface area contributed by atoms with E-state index in [1.165, 1.54) is 57.7 Å². The molecule has 0 fully saturated rings. The van der Waals surface area contributed by atoms with Gasteiger partial charge in [0.1, 0.15) is 12.2 Å². The molecule has 1 atom stereocenters. The number of rotatable bonds is 15. The van der Waals surface area contributed by atoms with E-state index in [1.54, 1.807) is 4.80 Å². The van der Waals surface area contributed by atoms with Crippen LogP contribution in [0, 0.1) is 13.8 Å². The summed E-state index contributed by atoms with van der Waals surface area (Å²) in [7, 11) is 0. The molecule has 0 spiro atoms. The van der Waals surface area contributed by atoms with Gasteiger partial charge in [-0.1, -0.05) is 95.0 Å². The summed E-state index contributed by atoms with van der Waals surface area (Å²) in [5.74, 6) is -0.500. The summed E-state index contributed by atoms with van der Waals surface area (Å²) in [6.07, 6.45) is 14.3. The van der Waals surface area contributed by atoms with Crippen LogP contribution in [0.5, 0.6) is 0 Å². The second kappa shape index (κ2) is 14.3. The molecular weight excluding hydrogens is 438 g/mol. The van der Waals surface area contributed by atoms with Crippen molar-refractivity contribution in [2.45, 2.75) is 97.4 Å². The third-order valence-electron chi connectivity index (χ3n) is 6.31. The van der Waals surface area contributed by atoms with Gasteiger partial charge in [0.25, 0.3) is 0 Å². The molecule has 0 aliphatic heterocycles. The molecule has 3 aromatic rings. The molecule has 2 heterocycles. The number of hydrogen-bond donors (Lipinski definition) is 1. The zero-order valence-corrected chi connectivity index (χ0v) is 21.4. The van der Waals surface area contributed by atoms with Crippen LogP contribution >= 0.6 is 0 Å². The van der Waals surface area contributed by atoms with Crippen molar-refractivity contribution < 1.29 is 4.79 Å². The molecule has 8 nitrogen and oxygen atoms in total. The molecule has 0 saturated carbocycles. The zero-order valence-electron chi connectivity index (χ0n) is 21.4. The number of aryl methyl sites for hydroxylation is 3. The van der Waals surface area contributed by atoms with Crippen molar-refractivity contribution in [1.29, 1.82) is 0 Å². The van der Waals surface area contributed by atoms with E-state index >= 15 is 0 Å². The molecule has 3 rings (SSSR count). The Hall–Kier alpha value is -3.16. The molecule has 0 unspecified atom stereocenters. The molecule has 8 heteroatoms. The first-order valence-electron chi connectivity index (χ1n) is 13.0. The average Bonchev–Trinajstić information content (AvgIpc) is 3.32. The van der Waals surface area contributed by atoms with Gasteiger partial charge in [0.15, 0.2) is 5.82 Å². The van der Waals surface area contributed by atoms with Crippen LogP contribution in [0.4, 0.5) is 5.69 Å². The summed E-state index contributed by atoms with van der Waals surface area (Å²) in [5.41, 5.74) is 2.87. The summed E-state index contributed by atoms with van der Waals surface area (Å²) >= 11 is 0. The van der Waals surface area contributed by atoms with Gasteiger partial charge in [0.2, 0.25) is 5.91 Å². The van der Waals surface area contributed by atoms with Crippen LogP contribution in [0.1, 0.15) is 99.8 Å². The van der Waals surface area contributed by atoms with E-state index in [0.717, 1.165) is 29.8 Å². The minimum absolute atomic E-state index is 0.226. The molecule has 0 aliphatic carbocycles. The van der Waals surface area contributed by atoms with Gasteiger partial charge in [-0.2, -0.15) is 4.80 Å². The van der Waals surface area contributed by atoms with E-state index < -0.39 is 5.92 Å². The lowest BCUT2D eigenvalue weighted by atomic mass is 9.97. The molecular formula is C27H39N7O. The normalized spacial score (nSPS) is 12.0. The fourth-order valence-corrected chi connectivity index (χ4v) is 4.24. The standard InChI is InChI=1S/C27H39N7O/c1-4-5-6-7-8-9-10-11-12-16-19-34-32-26(31-33-34)24(23-17-14-13-15-18-23)27(35)30-25-21(2)28-20-29-22(25)3/h13-15,17-18,20,24H,4-12,16,19H2,1-3H3,(H,30,35)/t24-/m0/s1. The molecule has 2 aromatic heterocycles. The number of nitrogens with zero attached hydrogens (tertiary/aromatic N) is 6. The highest BCUT2D eigenvalue weighted by atomic mass is 16.2. The van der Waals surface area contributed by atoms with E-state index in [0.29, 0.717) is 18.1 Å². The van der Waals surface area contributed by atoms with Gasteiger partial charge < -0.3 is 5.32 Å². The van der Waals surface area contributed by atoms with Crippen LogP contribution in [0.2, 0.25) is 0 Å². The Labute approximate surface area is 209 Å². The van der Waals surface area contributed by atoms with Crippen LogP contribution in [0.3, 0.4) is 0 Å². The van der Waals surface area contributed by atoms with Crippen molar-refractivity contribution in [3.63, 3.8) is 0 Å². The van der Waals surface area contributed by atoms with Crippen molar-refractivity contribution in [3.8, 4) is 0 Å². The average molecular weight is 478 g/mol. The maximum Gasteiger partial charge on any atom is 0.239 e. The van der Waals surface area contributed by atoms with Crippen molar-refractivity contribution in [3.05, 3.63) is 59.4 Å². The van der Waals surface area contributed by atoms with E-state index in [2.05, 4.69) is 37.6 Å². The van der Waals surface area contributed by atoms with E-state index in [4.69, 9.17) is 0 Å². The third-order valence-corrected chi connectivity index (χ3v) is 6.31. The second-order valence-electron chi connectivity index (χ2n) is 9.18. The number of aromatic nitrogens is 6. The summed E-state index contributed by atoms with van der Waals surface area (Å²) in [5, 5.41) is 16.1. The van der Waals surface area contributed by atoms with Gasteiger partial charge in [-0.25, -0.2) is 9.97 Å². The molecule has 1 N–H and O–H groups in total. The number of nitrogens with one attached hydrogen (secondary N) is 1. The zero-order chi connectivity index (χ0) is 24.9. The molecule has 188 valence electrons. The summed E-state index contributed by atoms with van der Waals surface area (Å²) in [4.78, 5) is 23.4. The number of tetrazole rings is 1. The third kappa shape index (κ3) is 8.23. The van der Waals surface area contributed by atoms with Crippen LogP contribution in [-0.2, 0) is 11.3 Å². The predicted octanol–water partition coefficient (Wildman–Crippen LogP) is 5.77. The molecule has 0 aliphatic rings. The van der Waals surface area contributed by atoms with E-state index in [9.17, 15) is 4.79 Å². The monoisotopic (exact) mass is 477 g/mol. The maximum absolute atomic E-state index is 13.4. The summed E-state index contributed by atoms with van der Waals surface area (Å²) < 4.78 is 0. The van der Waals surface area contributed by atoms with Crippen LogP contribution in [0.25, 0.3) is 0 Å². The topological polar surface area (TPSA) is 98.5 Å². The van der Waals surface area contributed by atoms with Crippen LogP contribution in [0.15, 0.2) is 36.7 Å². The lowest BCUT2D eigenvalue weighted by Crippen LogP contribution is -2.24. The van der Waals surface area contributed by atoms with Gasteiger partial charge in [-0.05, 0) is 31.0 Å². The summed E-state index contributed by atoms with van der Waals surface area (Å²) in [6.45, 7) is 6.66. The number of carbonyl (C=O) groups is 1. The predicted molar refractivity (Wildman–Crippen MR) is 138 cm³/mol. The maximum atomic E-state index is 13.4. The first kappa shape index (κ1) is 26.4. The van der Waals surface area contributed by atoms with Gasteiger partial charge in [0.05, 0.1) is 23.6 Å². The van der Waals surface area contributed by atoms with Gasteiger partial charge in [-0.3, -0.25) is 4.79 Å². The molecule has 1 aromatic carbocycles. The van der Waals surface area contributed by atoms with Crippen molar-refractivity contribution >= 4 is 11.6 Å². The first-order valence-corrected chi connectivity index (χ1v) is 13.0. The smallest absolute Gasteiger partial charge is 0.239 e. The molecule has 0 saturated heterocycles. The Kier molecular flexibility index (Phi) is 10.8. The quantitative estimate of drug-likeness (QED) is 0.279. The number of benzene rings is 1. The minimum atomic E-state index is -0.670. The van der Waals surface area contributed by atoms with E-state index in [1.807, 2.05) is 44.2 Å². The van der Waals surface area contributed by atoms with Crippen LogP contribution < -0.4 is 5.32 Å². The summed E-state index contributed by atoms with van der Waals surface area (Å²) in [6, 6.07) is 9.56. The highest BCUT2D eigenvalue weighted by Gasteiger charge is 2.28. The van der Waals surface area contributed by atoms with Gasteiger partial charge in [0, 0.05) is 0 Å². The highest BCUT2D eigenvalue weighted by Crippen LogP contribution is 2.25. The van der Waals surface area contributed by atoms with Crippen molar-refractivity contribution in [2.24, 2.45) is 0 Å². The Morgan fingerprint density at radius 1 is 0.886 bits per heavy atom. The van der Waals surface area contributed by atoms with Crippen LogP contribution in [-0.4, -0.2) is 36.1 Å². The fourth-order valence-electron chi connectivity index (χ4n) is 4.24. The number of amides is 1. The fraction of sp³-hybridized carbons (Fsp3) is 0.556. The Balaban J connectivity index is 1.56. The minimum Gasteiger partial charge on any atom is -0.322 e.